The lowest BCUT2D eigenvalue weighted by Gasteiger charge is -2.20. The number of rotatable bonds is 2. The molecular weight excluding hydrogens is 186 g/mol. The number of hydrogen-bond acceptors (Lipinski definition) is 2. The van der Waals surface area contributed by atoms with Crippen LogP contribution in [-0.4, -0.2) is 12.2 Å². The molecule has 82 valence electrons. The molecule has 15 heavy (non-hydrogen) atoms. The van der Waals surface area contributed by atoms with E-state index in [9.17, 15) is 0 Å². The highest BCUT2D eigenvalue weighted by atomic mass is 16.5. The van der Waals surface area contributed by atoms with E-state index < -0.39 is 0 Å². The van der Waals surface area contributed by atoms with Gasteiger partial charge >= 0.3 is 0 Å². The number of hydrogen-bond donors (Lipinski definition) is 1. The molecule has 0 saturated carbocycles. The minimum atomic E-state index is 0.0230. The smallest absolute Gasteiger partial charge is 0.0772 e. The number of benzene rings is 1. The second kappa shape index (κ2) is 4.33. The Bertz CT molecular complexity index is 337. The fourth-order valence-corrected chi connectivity index (χ4v) is 2.19. The summed E-state index contributed by atoms with van der Waals surface area (Å²) < 4.78 is 5.79. The zero-order valence-corrected chi connectivity index (χ0v) is 9.44. The molecule has 1 aromatic carbocycles. The summed E-state index contributed by atoms with van der Waals surface area (Å²) in [5.74, 6) is 0. The third-order valence-electron chi connectivity index (χ3n) is 3.09. The van der Waals surface area contributed by atoms with Crippen molar-refractivity contribution in [1.82, 2.24) is 0 Å². The lowest BCUT2D eigenvalue weighted by atomic mass is 9.99. The van der Waals surface area contributed by atoms with Gasteiger partial charge in [0.25, 0.3) is 0 Å². The molecule has 0 amide bonds. The van der Waals surface area contributed by atoms with Crippen LogP contribution in [0.15, 0.2) is 24.3 Å². The van der Waals surface area contributed by atoms with E-state index in [-0.39, 0.29) is 12.1 Å². The van der Waals surface area contributed by atoms with Crippen LogP contribution < -0.4 is 5.73 Å². The van der Waals surface area contributed by atoms with Gasteiger partial charge < -0.3 is 10.5 Å². The van der Waals surface area contributed by atoms with E-state index in [0.717, 1.165) is 12.8 Å². The van der Waals surface area contributed by atoms with Crippen molar-refractivity contribution in [3.8, 4) is 0 Å². The second-order valence-corrected chi connectivity index (χ2v) is 4.50. The van der Waals surface area contributed by atoms with Crippen LogP contribution in [-0.2, 0) is 4.74 Å². The number of aryl methyl sites for hydroxylation is 1. The van der Waals surface area contributed by atoms with E-state index in [1.54, 1.807) is 0 Å². The zero-order valence-electron chi connectivity index (χ0n) is 9.44. The molecule has 1 saturated heterocycles. The number of nitrogens with two attached hydrogens (primary N) is 1. The predicted molar refractivity (Wildman–Crippen MR) is 61.7 cm³/mol. The molecular formula is C13H19NO. The van der Waals surface area contributed by atoms with Gasteiger partial charge in [-0.25, -0.2) is 0 Å². The standard InChI is InChI=1S/C13H19NO/c1-9-4-3-5-11(8-9)13(14)12-7-6-10(2)15-12/h3-5,8,10,12-13H,6-7,14H2,1-2H3. The fourth-order valence-electron chi connectivity index (χ4n) is 2.19. The average Bonchev–Trinajstić information content (AvgIpc) is 2.64. The summed E-state index contributed by atoms with van der Waals surface area (Å²) in [6.07, 6.45) is 2.77. The maximum atomic E-state index is 6.21. The summed E-state index contributed by atoms with van der Waals surface area (Å²) in [6, 6.07) is 8.41. The fraction of sp³-hybridized carbons (Fsp3) is 0.538. The van der Waals surface area contributed by atoms with Gasteiger partial charge in [-0.2, -0.15) is 0 Å². The van der Waals surface area contributed by atoms with E-state index in [1.165, 1.54) is 11.1 Å². The lowest BCUT2D eigenvalue weighted by Crippen LogP contribution is -2.26. The summed E-state index contributed by atoms with van der Waals surface area (Å²) in [5.41, 5.74) is 8.65. The molecule has 3 atom stereocenters. The third kappa shape index (κ3) is 2.39. The summed E-state index contributed by atoms with van der Waals surface area (Å²) in [6.45, 7) is 4.21. The molecule has 1 heterocycles. The van der Waals surface area contributed by atoms with Crippen LogP contribution in [0.3, 0.4) is 0 Å². The summed E-state index contributed by atoms with van der Waals surface area (Å²) in [7, 11) is 0. The SMILES string of the molecule is Cc1cccc(C(N)C2CCC(C)O2)c1. The Labute approximate surface area is 91.4 Å². The molecule has 1 aliphatic heterocycles. The van der Waals surface area contributed by atoms with E-state index in [1.807, 2.05) is 0 Å². The van der Waals surface area contributed by atoms with Gasteiger partial charge in [-0.1, -0.05) is 29.8 Å². The maximum absolute atomic E-state index is 6.21. The topological polar surface area (TPSA) is 35.2 Å². The van der Waals surface area contributed by atoms with Crippen molar-refractivity contribution in [2.24, 2.45) is 5.73 Å². The van der Waals surface area contributed by atoms with Crippen LogP contribution in [0, 0.1) is 6.92 Å². The Hall–Kier alpha value is -0.860. The Balaban J connectivity index is 2.10. The van der Waals surface area contributed by atoms with Crippen LogP contribution in [0.4, 0.5) is 0 Å². The minimum absolute atomic E-state index is 0.0230. The first-order valence-electron chi connectivity index (χ1n) is 5.64. The van der Waals surface area contributed by atoms with Crippen molar-refractivity contribution in [2.75, 3.05) is 0 Å². The van der Waals surface area contributed by atoms with Crippen molar-refractivity contribution in [2.45, 2.75) is 44.9 Å². The molecule has 2 N–H and O–H groups in total. The zero-order chi connectivity index (χ0) is 10.8. The van der Waals surface area contributed by atoms with Crippen LogP contribution in [0.2, 0.25) is 0 Å². The average molecular weight is 205 g/mol. The summed E-state index contributed by atoms with van der Waals surface area (Å²) in [5, 5.41) is 0. The molecule has 0 aliphatic carbocycles. The van der Waals surface area contributed by atoms with Crippen LogP contribution in [0.1, 0.15) is 36.9 Å². The van der Waals surface area contributed by atoms with E-state index in [4.69, 9.17) is 10.5 Å². The van der Waals surface area contributed by atoms with Crippen molar-refractivity contribution in [3.63, 3.8) is 0 Å². The third-order valence-corrected chi connectivity index (χ3v) is 3.09. The highest BCUT2D eigenvalue weighted by molar-refractivity contribution is 5.25. The molecule has 2 heteroatoms. The van der Waals surface area contributed by atoms with Crippen LogP contribution in [0.5, 0.6) is 0 Å². The highest BCUT2D eigenvalue weighted by Crippen LogP contribution is 2.28. The second-order valence-electron chi connectivity index (χ2n) is 4.50. The normalized spacial score (nSPS) is 27.9. The maximum Gasteiger partial charge on any atom is 0.0772 e. The van der Waals surface area contributed by atoms with E-state index in [2.05, 4.69) is 38.1 Å². The monoisotopic (exact) mass is 205 g/mol. The first kappa shape index (κ1) is 10.7. The van der Waals surface area contributed by atoms with E-state index >= 15 is 0 Å². The molecule has 0 aromatic heterocycles. The van der Waals surface area contributed by atoms with Gasteiger partial charge in [-0.15, -0.1) is 0 Å². The molecule has 0 bridgehead atoms. The van der Waals surface area contributed by atoms with E-state index in [0.29, 0.717) is 6.10 Å². The van der Waals surface area contributed by atoms with Gasteiger partial charge in [-0.3, -0.25) is 0 Å². The Morgan fingerprint density at radius 3 is 2.80 bits per heavy atom. The Kier molecular flexibility index (Phi) is 3.08. The predicted octanol–water partition coefficient (Wildman–Crippen LogP) is 2.56. The number of ether oxygens (including phenoxy) is 1. The van der Waals surface area contributed by atoms with Gasteiger partial charge in [-0.05, 0) is 32.3 Å². The molecule has 2 nitrogen and oxygen atoms in total. The van der Waals surface area contributed by atoms with Gasteiger partial charge in [0.2, 0.25) is 0 Å². The van der Waals surface area contributed by atoms with Crippen molar-refractivity contribution in [3.05, 3.63) is 35.4 Å². The van der Waals surface area contributed by atoms with Crippen molar-refractivity contribution < 1.29 is 4.74 Å². The molecule has 2 rings (SSSR count). The molecule has 0 spiro atoms. The van der Waals surface area contributed by atoms with Crippen LogP contribution in [0.25, 0.3) is 0 Å². The largest absolute Gasteiger partial charge is 0.373 e. The molecule has 1 fully saturated rings. The van der Waals surface area contributed by atoms with Crippen molar-refractivity contribution >= 4 is 0 Å². The Morgan fingerprint density at radius 1 is 1.40 bits per heavy atom. The molecule has 3 unspecified atom stereocenters. The first-order valence-corrected chi connectivity index (χ1v) is 5.64. The molecule has 1 aliphatic rings. The lowest BCUT2D eigenvalue weighted by molar-refractivity contribution is 0.0401. The minimum Gasteiger partial charge on any atom is -0.373 e. The summed E-state index contributed by atoms with van der Waals surface area (Å²) >= 11 is 0. The van der Waals surface area contributed by atoms with Gasteiger partial charge in [0.15, 0.2) is 0 Å². The molecule has 1 aromatic rings. The first-order chi connectivity index (χ1) is 7.16. The van der Waals surface area contributed by atoms with Gasteiger partial charge in [0.05, 0.1) is 18.2 Å². The summed E-state index contributed by atoms with van der Waals surface area (Å²) in [4.78, 5) is 0. The Morgan fingerprint density at radius 2 is 2.20 bits per heavy atom. The van der Waals surface area contributed by atoms with Gasteiger partial charge in [0, 0.05) is 0 Å². The quantitative estimate of drug-likeness (QED) is 0.805. The van der Waals surface area contributed by atoms with Crippen molar-refractivity contribution in [1.29, 1.82) is 0 Å². The molecule has 0 radical (unpaired) electrons. The van der Waals surface area contributed by atoms with Gasteiger partial charge in [0.1, 0.15) is 0 Å². The van der Waals surface area contributed by atoms with Crippen LogP contribution >= 0.6 is 0 Å². The highest BCUT2D eigenvalue weighted by Gasteiger charge is 2.28.